The predicted octanol–water partition coefficient (Wildman–Crippen LogP) is 4.43. The molecule has 0 spiro atoms. The smallest absolute Gasteiger partial charge is 0.124 e. The van der Waals surface area contributed by atoms with Gasteiger partial charge in [0.25, 0.3) is 0 Å². The first-order chi connectivity index (χ1) is 8.55. The van der Waals surface area contributed by atoms with E-state index in [9.17, 15) is 4.39 Å². The lowest BCUT2D eigenvalue weighted by Gasteiger charge is -2.41. The van der Waals surface area contributed by atoms with Gasteiger partial charge in [-0.05, 0) is 42.9 Å². The lowest BCUT2D eigenvalue weighted by Crippen LogP contribution is -2.50. The minimum absolute atomic E-state index is 0.118. The Labute approximate surface area is 117 Å². The molecule has 1 nitrogen and oxygen atoms in total. The molecule has 1 aromatic carbocycles. The summed E-state index contributed by atoms with van der Waals surface area (Å²) in [5, 5.41) is 0. The fourth-order valence-corrected chi connectivity index (χ4v) is 3.69. The lowest BCUT2D eigenvalue weighted by molar-refractivity contribution is 0.182. The van der Waals surface area contributed by atoms with Crippen molar-refractivity contribution in [2.45, 2.75) is 51.0 Å². The van der Waals surface area contributed by atoms with E-state index in [0.717, 1.165) is 29.3 Å². The van der Waals surface area contributed by atoms with Crippen LogP contribution in [0.3, 0.4) is 0 Å². The van der Waals surface area contributed by atoms with E-state index in [4.69, 9.17) is 5.73 Å². The molecule has 1 fully saturated rings. The van der Waals surface area contributed by atoms with Gasteiger partial charge >= 0.3 is 0 Å². The van der Waals surface area contributed by atoms with E-state index in [0.29, 0.717) is 5.92 Å². The number of nitrogens with two attached hydrogens (primary N) is 1. The van der Waals surface area contributed by atoms with Gasteiger partial charge in [-0.2, -0.15) is 0 Å². The maximum atomic E-state index is 13.1. The monoisotopic (exact) mass is 313 g/mol. The van der Waals surface area contributed by atoms with Gasteiger partial charge in [-0.25, -0.2) is 4.39 Å². The first-order valence-electron chi connectivity index (χ1n) is 6.78. The third-order valence-electron chi connectivity index (χ3n) is 4.29. The Hall–Kier alpha value is -0.410. The molecular weight excluding hydrogens is 293 g/mol. The third-order valence-corrected chi connectivity index (χ3v) is 5.02. The molecule has 0 heterocycles. The average molecular weight is 314 g/mol. The second-order valence-electron chi connectivity index (χ2n) is 5.50. The molecule has 0 aliphatic heterocycles. The van der Waals surface area contributed by atoms with Crippen LogP contribution in [0.4, 0.5) is 4.39 Å². The van der Waals surface area contributed by atoms with E-state index < -0.39 is 0 Å². The summed E-state index contributed by atoms with van der Waals surface area (Å²) in [6.45, 7) is 2.22. The lowest BCUT2D eigenvalue weighted by atomic mass is 9.69. The molecule has 1 saturated carbocycles. The Balaban J connectivity index is 2.20. The van der Waals surface area contributed by atoms with E-state index in [-0.39, 0.29) is 11.4 Å². The molecule has 3 heteroatoms. The van der Waals surface area contributed by atoms with Gasteiger partial charge in [0.15, 0.2) is 0 Å². The van der Waals surface area contributed by atoms with Crippen LogP contribution in [0.1, 0.15) is 44.6 Å². The molecule has 0 radical (unpaired) electrons. The standard InChI is InChI=1S/C15H21BrFN/c1-2-12-5-3-4-8-15(12,18)10-11-6-7-13(17)9-14(11)16/h6-7,9,12H,2-5,8,10,18H2,1H3. The minimum Gasteiger partial charge on any atom is -0.325 e. The van der Waals surface area contributed by atoms with Crippen molar-refractivity contribution >= 4 is 15.9 Å². The van der Waals surface area contributed by atoms with Gasteiger partial charge in [0.05, 0.1) is 0 Å². The molecule has 2 N–H and O–H groups in total. The van der Waals surface area contributed by atoms with Crippen LogP contribution in [-0.2, 0) is 6.42 Å². The summed E-state index contributed by atoms with van der Waals surface area (Å²) in [4.78, 5) is 0. The Morgan fingerprint density at radius 3 is 2.89 bits per heavy atom. The van der Waals surface area contributed by atoms with Gasteiger partial charge in [0, 0.05) is 10.0 Å². The molecule has 1 aliphatic rings. The molecule has 2 unspecified atom stereocenters. The molecule has 0 amide bonds. The van der Waals surface area contributed by atoms with Crippen molar-refractivity contribution in [1.29, 1.82) is 0 Å². The van der Waals surface area contributed by atoms with Crippen LogP contribution in [0.2, 0.25) is 0 Å². The number of rotatable bonds is 3. The molecule has 18 heavy (non-hydrogen) atoms. The second-order valence-corrected chi connectivity index (χ2v) is 6.35. The number of hydrogen-bond donors (Lipinski definition) is 1. The summed E-state index contributed by atoms with van der Waals surface area (Å²) in [5.74, 6) is 0.385. The summed E-state index contributed by atoms with van der Waals surface area (Å²) in [6.07, 6.45) is 6.79. The van der Waals surface area contributed by atoms with Gasteiger partial charge in [-0.3, -0.25) is 0 Å². The SMILES string of the molecule is CCC1CCCCC1(N)Cc1ccc(F)cc1Br. The van der Waals surface area contributed by atoms with Gasteiger partial charge in [0.2, 0.25) is 0 Å². The summed E-state index contributed by atoms with van der Waals surface area (Å²) in [7, 11) is 0. The Morgan fingerprint density at radius 1 is 1.44 bits per heavy atom. The predicted molar refractivity (Wildman–Crippen MR) is 77.0 cm³/mol. The molecule has 0 aromatic heterocycles. The highest BCUT2D eigenvalue weighted by atomic mass is 79.9. The van der Waals surface area contributed by atoms with Crippen LogP contribution < -0.4 is 5.73 Å². The zero-order chi connectivity index (χ0) is 13.2. The van der Waals surface area contributed by atoms with Crippen molar-refractivity contribution in [3.8, 4) is 0 Å². The molecular formula is C15H21BrFN. The number of benzene rings is 1. The Morgan fingerprint density at radius 2 is 2.22 bits per heavy atom. The third kappa shape index (κ3) is 2.94. The Kier molecular flexibility index (Phi) is 4.44. The van der Waals surface area contributed by atoms with E-state index in [1.54, 1.807) is 0 Å². The van der Waals surface area contributed by atoms with Crippen LogP contribution in [0.25, 0.3) is 0 Å². The highest BCUT2D eigenvalue weighted by molar-refractivity contribution is 9.10. The fourth-order valence-electron chi connectivity index (χ4n) is 3.20. The van der Waals surface area contributed by atoms with Gasteiger partial charge in [0.1, 0.15) is 5.82 Å². The summed E-state index contributed by atoms with van der Waals surface area (Å²) >= 11 is 3.44. The topological polar surface area (TPSA) is 26.0 Å². The van der Waals surface area contributed by atoms with Gasteiger partial charge in [-0.15, -0.1) is 0 Å². The van der Waals surface area contributed by atoms with Crippen LogP contribution >= 0.6 is 15.9 Å². The van der Waals surface area contributed by atoms with Crippen LogP contribution in [0, 0.1) is 11.7 Å². The normalized spacial score (nSPS) is 28.3. The molecule has 0 bridgehead atoms. The number of halogens is 2. The second kappa shape index (κ2) is 5.70. The summed E-state index contributed by atoms with van der Waals surface area (Å²) < 4.78 is 13.9. The van der Waals surface area contributed by atoms with E-state index in [1.165, 1.54) is 31.4 Å². The molecule has 1 aromatic rings. The maximum Gasteiger partial charge on any atom is 0.124 e. The van der Waals surface area contributed by atoms with Crippen molar-refractivity contribution < 1.29 is 4.39 Å². The maximum absolute atomic E-state index is 13.1. The fraction of sp³-hybridized carbons (Fsp3) is 0.600. The van der Waals surface area contributed by atoms with Crippen molar-refractivity contribution in [2.24, 2.45) is 11.7 Å². The van der Waals surface area contributed by atoms with Crippen molar-refractivity contribution in [2.75, 3.05) is 0 Å². The quantitative estimate of drug-likeness (QED) is 0.877. The van der Waals surface area contributed by atoms with Crippen LogP contribution in [-0.4, -0.2) is 5.54 Å². The highest BCUT2D eigenvalue weighted by Gasteiger charge is 2.36. The largest absolute Gasteiger partial charge is 0.325 e. The Bertz CT molecular complexity index is 421. The van der Waals surface area contributed by atoms with Crippen LogP contribution in [0.5, 0.6) is 0 Å². The van der Waals surface area contributed by atoms with E-state index in [1.807, 2.05) is 6.07 Å². The van der Waals surface area contributed by atoms with Crippen LogP contribution in [0.15, 0.2) is 22.7 Å². The van der Waals surface area contributed by atoms with Crippen molar-refractivity contribution in [3.05, 3.63) is 34.1 Å². The highest BCUT2D eigenvalue weighted by Crippen LogP contribution is 2.37. The summed E-state index contributed by atoms with van der Waals surface area (Å²) in [6, 6.07) is 4.91. The molecule has 1 aliphatic carbocycles. The number of hydrogen-bond acceptors (Lipinski definition) is 1. The van der Waals surface area contributed by atoms with Gasteiger partial charge in [-0.1, -0.05) is 48.2 Å². The zero-order valence-corrected chi connectivity index (χ0v) is 12.5. The van der Waals surface area contributed by atoms with Crippen molar-refractivity contribution in [3.63, 3.8) is 0 Å². The first-order valence-corrected chi connectivity index (χ1v) is 7.57. The van der Waals surface area contributed by atoms with Gasteiger partial charge < -0.3 is 5.73 Å². The van der Waals surface area contributed by atoms with E-state index in [2.05, 4.69) is 22.9 Å². The minimum atomic E-state index is -0.201. The molecule has 100 valence electrons. The summed E-state index contributed by atoms with van der Waals surface area (Å²) in [5.41, 5.74) is 7.64. The molecule has 2 rings (SSSR count). The average Bonchev–Trinajstić information content (AvgIpc) is 2.33. The first kappa shape index (κ1) is 14.0. The zero-order valence-electron chi connectivity index (χ0n) is 10.9. The molecule has 2 atom stereocenters. The van der Waals surface area contributed by atoms with E-state index >= 15 is 0 Å². The molecule has 0 saturated heterocycles. The van der Waals surface area contributed by atoms with Crippen molar-refractivity contribution in [1.82, 2.24) is 0 Å².